The Labute approximate surface area is 86.0 Å². The first-order chi connectivity index (χ1) is 6.18. The summed E-state index contributed by atoms with van der Waals surface area (Å²) in [6.07, 6.45) is 4.01. The molecule has 0 aliphatic carbocycles. The molecule has 5 nitrogen and oxygen atoms in total. The van der Waals surface area contributed by atoms with Crippen LogP contribution in [0.1, 0.15) is 33.1 Å². The standard InChI is InChI=1S/C8H19N.H3O4P/c1-5-6-7-8(2)9(3)4;1-5(2,3)4/h8H,5-7H2,1-4H3;(H3,1,2,3,4). The first-order valence-corrected chi connectivity index (χ1v) is 6.19. The van der Waals surface area contributed by atoms with Crippen molar-refractivity contribution in [2.24, 2.45) is 0 Å². The van der Waals surface area contributed by atoms with Gasteiger partial charge in [-0.15, -0.1) is 0 Å². The fourth-order valence-corrected chi connectivity index (χ4v) is 0.758. The van der Waals surface area contributed by atoms with Crippen LogP contribution in [0.15, 0.2) is 0 Å². The van der Waals surface area contributed by atoms with E-state index in [0.717, 1.165) is 6.04 Å². The molecule has 0 saturated carbocycles. The minimum Gasteiger partial charge on any atom is -0.307 e. The third kappa shape index (κ3) is 22.7. The SMILES string of the molecule is CCCCC(C)N(C)C.O=P(O)(O)O. The number of hydrogen-bond donors (Lipinski definition) is 3. The van der Waals surface area contributed by atoms with Gasteiger partial charge < -0.3 is 19.6 Å². The van der Waals surface area contributed by atoms with Gasteiger partial charge in [0.25, 0.3) is 0 Å². The van der Waals surface area contributed by atoms with Gasteiger partial charge in [0.1, 0.15) is 0 Å². The van der Waals surface area contributed by atoms with Gasteiger partial charge in [-0.05, 0) is 27.4 Å². The molecule has 6 heteroatoms. The maximum atomic E-state index is 8.88. The predicted octanol–water partition coefficient (Wildman–Crippen LogP) is 1.20. The Kier molecular flexibility index (Phi) is 9.88. The van der Waals surface area contributed by atoms with Crippen molar-refractivity contribution in [1.29, 1.82) is 0 Å². The molecule has 0 aliphatic rings. The van der Waals surface area contributed by atoms with Crippen LogP contribution in [0.4, 0.5) is 0 Å². The van der Waals surface area contributed by atoms with E-state index in [1.807, 2.05) is 0 Å². The van der Waals surface area contributed by atoms with Gasteiger partial charge in [-0.2, -0.15) is 0 Å². The summed E-state index contributed by atoms with van der Waals surface area (Å²) in [5.41, 5.74) is 0. The maximum absolute atomic E-state index is 8.88. The summed E-state index contributed by atoms with van der Waals surface area (Å²) in [7, 11) is -0.360. The van der Waals surface area contributed by atoms with Crippen LogP contribution in [0.5, 0.6) is 0 Å². The summed E-state index contributed by atoms with van der Waals surface area (Å²) in [5, 5.41) is 0. The van der Waals surface area contributed by atoms with E-state index >= 15 is 0 Å². The summed E-state index contributed by atoms with van der Waals surface area (Å²) < 4.78 is 8.88. The lowest BCUT2D eigenvalue weighted by Crippen LogP contribution is -2.24. The van der Waals surface area contributed by atoms with Gasteiger partial charge >= 0.3 is 7.82 Å². The number of hydrogen-bond acceptors (Lipinski definition) is 2. The molecule has 0 radical (unpaired) electrons. The van der Waals surface area contributed by atoms with E-state index in [1.165, 1.54) is 19.3 Å². The molecule has 88 valence electrons. The highest BCUT2D eigenvalue weighted by molar-refractivity contribution is 7.45. The molecular formula is C8H22NO4P. The van der Waals surface area contributed by atoms with Gasteiger partial charge in [0.15, 0.2) is 0 Å². The lowest BCUT2D eigenvalue weighted by molar-refractivity contribution is 0.275. The third-order valence-electron chi connectivity index (χ3n) is 1.86. The van der Waals surface area contributed by atoms with E-state index in [2.05, 4.69) is 32.8 Å². The van der Waals surface area contributed by atoms with Crippen LogP contribution in [0, 0.1) is 0 Å². The van der Waals surface area contributed by atoms with Crippen LogP contribution in [-0.2, 0) is 4.57 Å². The van der Waals surface area contributed by atoms with Crippen molar-refractivity contribution in [1.82, 2.24) is 4.90 Å². The van der Waals surface area contributed by atoms with Crippen LogP contribution in [0.25, 0.3) is 0 Å². The molecule has 0 aliphatic heterocycles. The molecule has 14 heavy (non-hydrogen) atoms. The zero-order valence-electron chi connectivity index (χ0n) is 9.34. The van der Waals surface area contributed by atoms with E-state index in [4.69, 9.17) is 19.2 Å². The molecule has 0 saturated heterocycles. The molecule has 0 fully saturated rings. The second kappa shape index (κ2) is 8.38. The fourth-order valence-electron chi connectivity index (χ4n) is 0.758. The van der Waals surface area contributed by atoms with Gasteiger partial charge in [0, 0.05) is 6.04 Å². The Bertz CT molecular complexity index is 160. The second-order valence-electron chi connectivity index (χ2n) is 3.47. The van der Waals surface area contributed by atoms with E-state index in [-0.39, 0.29) is 0 Å². The molecule has 1 atom stereocenters. The van der Waals surface area contributed by atoms with Crippen molar-refractivity contribution in [2.45, 2.75) is 39.2 Å². The van der Waals surface area contributed by atoms with E-state index in [0.29, 0.717) is 0 Å². The Morgan fingerprint density at radius 2 is 1.64 bits per heavy atom. The minimum absolute atomic E-state index is 0.755. The van der Waals surface area contributed by atoms with Gasteiger partial charge in [-0.3, -0.25) is 0 Å². The zero-order chi connectivity index (χ0) is 11.8. The second-order valence-corrected chi connectivity index (χ2v) is 4.49. The summed E-state index contributed by atoms with van der Waals surface area (Å²) >= 11 is 0. The summed E-state index contributed by atoms with van der Waals surface area (Å²) in [5.74, 6) is 0. The highest BCUT2D eigenvalue weighted by Crippen LogP contribution is 2.25. The Hall–Kier alpha value is 0.0700. The van der Waals surface area contributed by atoms with Crippen LogP contribution in [0.3, 0.4) is 0 Å². The average Bonchev–Trinajstić information content (AvgIpc) is 1.96. The normalized spacial score (nSPS) is 13.4. The van der Waals surface area contributed by atoms with Crippen LogP contribution in [-0.4, -0.2) is 39.7 Å². The van der Waals surface area contributed by atoms with Gasteiger partial charge in [-0.1, -0.05) is 19.8 Å². The molecule has 0 aromatic heterocycles. The fraction of sp³-hybridized carbons (Fsp3) is 1.00. The zero-order valence-corrected chi connectivity index (χ0v) is 10.2. The van der Waals surface area contributed by atoms with Gasteiger partial charge in [-0.25, -0.2) is 4.57 Å². The quantitative estimate of drug-likeness (QED) is 0.629. The van der Waals surface area contributed by atoms with Crippen molar-refractivity contribution in [2.75, 3.05) is 14.1 Å². The number of phosphoric acid groups is 1. The topological polar surface area (TPSA) is 81.0 Å². The minimum atomic E-state index is -4.64. The largest absolute Gasteiger partial charge is 0.466 e. The third-order valence-corrected chi connectivity index (χ3v) is 1.86. The molecule has 0 aromatic rings. The first-order valence-electron chi connectivity index (χ1n) is 4.63. The summed E-state index contributed by atoms with van der Waals surface area (Å²) in [6.45, 7) is 4.51. The molecule has 0 aromatic carbocycles. The van der Waals surface area contributed by atoms with Gasteiger partial charge in [0.05, 0.1) is 0 Å². The molecular weight excluding hydrogens is 205 g/mol. The van der Waals surface area contributed by atoms with Crippen molar-refractivity contribution >= 4 is 7.82 Å². The average molecular weight is 227 g/mol. The van der Waals surface area contributed by atoms with Crippen molar-refractivity contribution < 1.29 is 19.2 Å². The highest BCUT2D eigenvalue weighted by Gasteiger charge is 2.01. The lowest BCUT2D eigenvalue weighted by Gasteiger charge is -2.18. The molecule has 0 rings (SSSR count). The Morgan fingerprint density at radius 3 is 1.86 bits per heavy atom. The highest BCUT2D eigenvalue weighted by atomic mass is 31.2. The molecule has 0 heterocycles. The van der Waals surface area contributed by atoms with Gasteiger partial charge in [0.2, 0.25) is 0 Å². The Morgan fingerprint density at radius 1 is 1.29 bits per heavy atom. The number of unbranched alkanes of at least 4 members (excludes halogenated alkanes) is 1. The van der Waals surface area contributed by atoms with Crippen molar-refractivity contribution in [3.8, 4) is 0 Å². The van der Waals surface area contributed by atoms with E-state index in [1.54, 1.807) is 0 Å². The molecule has 1 unspecified atom stereocenters. The summed E-state index contributed by atoms with van der Waals surface area (Å²) in [4.78, 5) is 23.8. The van der Waals surface area contributed by atoms with Crippen LogP contribution in [0.2, 0.25) is 0 Å². The smallest absolute Gasteiger partial charge is 0.307 e. The predicted molar refractivity (Wildman–Crippen MR) is 56.9 cm³/mol. The van der Waals surface area contributed by atoms with Crippen LogP contribution < -0.4 is 0 Å². The van der Waals surface area contributed by atoms with Crippen molar-refractivity contribution in [3.63, 3.8) is 0 Å². The maximum Gasteiger partial charge on any atom is 0.466 e. The first kappa shape index (κ1) is 16.5. The molecule has 0 spiro atoms. The monoisotopic (exact) mass is 227 g/mol. The Balaban J connectivity index is 0. The lowest BCUT2D eigenvalue weighted by atomic mass is 10.1. The molecule has 0 amide bonds. The number of nitrogens with zero attached hydrogens (tertiary/aromatic N) is 1. The van der Waals surface area contributed by atoms with E-state index in [9.17, 15) is 0 Å². The number of rotatable bonds is 4. The summed E-state index contributed by atoms with van der Waals surface area (Å²) in [6, 6.07) is 0.755. The van der Waals surface area contributed by atoms with Crippen LogP contribution >= 0.6 is 7.82 Å². The molecule has 3 N–H and O–H groups in total. The van der Waals surface area contributed by atoms with Crippen molar-refractivity contribution in [3.05, 3.63) is 0 Å². The molecule has 0 bridgehead atoms. The van der Waals surface area contributed by atoms with E-state index < -0.39 is 7.82 Å².